The number of benzene rings is 1. The lowest BCUT2D eigenvalue weighted by Gasteiger charge is -2.36. The number of halogens is 1. The van der Waals surface area contributed by atoms with Crippen molar-refractivity contribution < 1.29 is 23.8 Å². The minimum atomic E-state index is -1.51. The third kappa shape index (κ3) is 4.14. The molecule has 11 heteroatoms. The minimum absolute atomic E-state index is 0.0133. The summed E-state index contributed by atoms with van der Waals surface area (Å²) in [5.74, 6) is -2.23. The van der Waals surface area contributed by atoms with E-state index in [0.29, 0.717) is 5.56 Å². The number of hydrogen-bond donors (Lipinski definition) is 3. The number of carbonyl (C=O) groups is 2. The normalized spacial score (nSPS) is 16.3. The number of nitriles is 1. The van der Waals surface area contributed by atoms with E-state index in [-0.39, 0.29) is 42.7 Å². The maximum absolute atomic E-state index is 13.4. The lowest BCUT2D eigenvalue weighted by Crippen LogP contribution is -2.54. The molecule has 4 rings (SSSR count). The first-order valence-corrected chi connectivity index (χ1v) is 10.8. The van der Waals surface area contributed by atoms with Gasteiger partial charge >= 0.3 is 0 Å². The Morgan fingerprint density at radius 2 is 2.06 bits per heavy atom. The summed E-state index contributed by atoms with van der Waals surface area (Å²) in [6.45, 7) is 1.25. The molecule has 35 heavy (non-hydrogen) atoms. The predicted molar refractivity (Wildman–Crippen MR) is 123 cm³/mol. The van der Waals surface area contributed by atoms with Crippen LogP contribution in [0.3, 0.4) is 0 Å². The van der Waals surface area contributed by atoms with Crippen LogP contribution in [0, 0.1) is 17.1 Å². The molecule has 180 valence electrons. The number of ether oxygens (including phenoxy) is 1. The van der Waals surface area contributed by atoms with Gasteiger partial charge in [-0.2, -0.15) is 5.26 Å². The van der Waals surface area contributed by atoms with Gasteiger partial charge in [0.25, 0.3) is 17.4 Å². The third-order valence-corrected chi connectivity index (χ3v) is 5.82. The largest absolute Gasteiger partial charge is 0.505 e. The molecule has 1 aliphatic heterocycles. The van der Waals surface area contributed by atoms with Crippen LogP contribution < -0.4 is 20.9 Å². The van der Waals surface area contributed by atoms with Crippen LogP contribution >= 0.6 is 0 Å². The van der Waals surface area contributed by atoms with Gasteiger partial charge in [0.15, 0.2) is 11.5 Å². The van der Waals surface area contributed by atoms with Crippen LogP contribution in [-0.2, 0) is 17.8 Å². The van der Waals surface area contributed by atoms with Crippen LogP contribution in [0.4, 0.5) is 4.39 Å². The predicted octanol–water partition coefficient (Wildman–Crippen LogP) is 1.37. The lowest BCUT2D eigenvalue weighted by atomic mass is 9.98. The summed E-state index contributed by atoms with van der Waals surface area (Å²) >= 11 is 0. The van der Waals surface area contributed by atoms with Crippen molar-refractivity contribution in [1.82, 2.24) is 20.2 Å². The highest BCUT2D eigenvalue weighted by Crippen LogP contribution is 2.40. The van der Waals surface area contributed by atoms with E-state index >= 15 is 0 Å². The first-order chi connectivity index (χ1) is 16.7. The van der Waals surface area contributed by atoms with Gasteiger partial charge in [0.1, 0.15) is 22.4 Å². The molecule has 0 fully saturated rings. The van der Waals surface area contributed by atoms with Crippen LogP contribution in [-0.4, -0.2) is 45.7 Å². The third-order valence-electron chi connectivity index (χ3n) is 5.82. The van der Waals surface area contributed by atoms with Crippen molar-refractivity contribution in [3.8, 4) is 17.6 Å². The average molecular weight is 479 g/mol. The zero-order valence-corrected chi connectivity index (χ0v) is 19.0. The van der Waals surface area contributed by atoms with Crippen molar-refractivity contribution in [3.63, 3.8) is 0 Å². The SMILES string of the molecule is CNC(=O)[C@@]1(C)Cn2c(=O)c(C(=O)NCCC#N)c(O)c3ncc(Cc4ccc(F)cc4)c(c32)O1. The van der Waals surface area contributed by atoms with Crippen molar-refractivity contribution in [2.24, 2.45) is 0 Å². The smallest absolute Gasteiger partial charge is 0.268 e. The van der Waals surface area contributed by atoms with E-state index in [1.165, 1.54) is 36.9 Å². The van der Waals surface area contributed by atoms with Crippen LogP contribution in [0.15, 0.2) is 35.3 Å². The summed E-state index contributed by atoms with van der Waals surface area (Å²) in [5.41, 5.74) is -1.56. The zero-order valence-electron chi connectivity index (χ0n) is 19.0. The number of aromatic hydroxyl groups is 1. The van der Waals surface area contributed by atoms with E-state index in [0.717, 1.165) is 5.56 Å². The standard InChI is InChI=1S/C24H22FN5O5/c1-24(23(34)27-2)12-30-18-17(19(31)16(22(30)33)21(32)28-9-3-8-26)29-11-14(20(18)35-24)10-13-4-6-15(25)7-5-13/h4-7,11,31H,3,9-10,12H2,1-2H3,(H,27,34)(H,28,32)/t24-/m1/s1. The molecule has 0 saturated heterocycles. The molecule has 3 heterocycles. The van der Waals surface area contributed by atoms with Gasteiger partial charge in [-0.3, -0.25) is 23.9 Å². The number of amides is 2. The van der Waals surface area contributed by atoms with Crippen molar-refractivity contribution >= 4 is 22.8 Å². The van der Waals surface area contributed by atoms with Crippen molar-refractivity contribution in [2.75, 3.05) is 13.6 Å². The minimum Gasteiger partial charge on any atom is -0.505 e. The molecule has 0 spiro atoms. The second-order valence-corrected chi connectivity index (χ2v) is 8.30. The molecule has 3 aromatic rings. The van der Waals surface area contributed by atoms with Gasteiger partial charge < -0.3 is 20.5 Å². The van der Waals surface area contributed by atoms with Gasteiger partial charge in [-0.1, -0.05) is 12.1 Å². The molecule has 0 bridgehead atoms. The number of aromatic nitrogens is 2. The summed E-state index contributed by atoms with van der Waals surface area (Å²) in [6, 6.07) is 7.67. The second-order valence-electron chi connectivity index (χ2n) is 8.30. The lowest BCUT2D eigenvalue weighted by molar-refractivity contribution is -0.136. The average Bonchev–Trinajstić information content (AvgIpc) is 2.84. The molecule has 0 aliphatic carbocycles. The van der Waals surface area contributed by atoms with Gasteiger partial charge in [-0.25, -0.2) is 4.39 Å². The summed E-state index contributed by atoms with van der Waals surface area (Å²) in [4.78, 5) is 43.1. The maximum Gasteiger partial charge on any atom is 0.268 e. The fourth-order valence-electron chi connectivity index (χ4n) is 4.08. The fourth-order valence-corrected chi connectivity index (χ4v) is 4.08. The van der Waals surface area contributed by atoms with Crippen molar-refractivity contribution in [1.29, 1.82) is 5.26 Å². The maximum atomic E-state index is 13.4. The number of hydrogen-bond acceptors (Lipinski definition) is 7. The Hall–Kier alpha value is -4.46. The number of pyridine rings is 2. The summed E-state index contributed by atoms with van der Waals surface area (Å²) in [7, 11) is 1.43. The van der Waals surface area contributed by atoms with Gasteiger partial charge in [0.05, 0.1) is 19.0 Å². The highest BCUT2D eigenvalue weighted by molar-refractivity contribution is 6.03. The Bertz CT molecular complexity index is 1440. The van der Waals surface area contributed by atoms with Gasteiger partial charge in [-0.15, -0.1) is 0 Å². The van der Waals surface area contributed by atoms with Crippen LogP contribution in [0.5, 0.6) is 11.5 Å². The van der Waals surface area contributed by atoms with Crippen molar-refractivity contribution in [2.45, 2.75) is 31.9 Å². The topological polar surface area (TPSA) is 146 Å². The summed E-state index contributed by atoms with van der Waals surface area (Å²) < 4.78 is 20.7. The molecule has 10 nitrogen and oxygen atoms in total. The van der Waals surface area contributed by atoms with E-state index in [4.69, 9.17) is 10.00 Å². The van der Waals surface area contributed by atoms with Gasteiger partial charge in [0.2, 0.25) is 5.60 Å². The second kappa shape index (κ2) is 9.06. The monoisotopic (exact) mass is 479 g/mol. The number of nitrogens with zero attached hydrogens (tertiary/aromatic N) is 3. The molecule has 1 aromatic carbocycles. The molecule has 2 amide bonds. The Kier molecular flexibility index (Phi) is 6.13. The molecule has 1 atom stereocenters. The molecule has 1 aliphatic rings. The molecular weight excluding hydrogens is 457 g/mol. The molecule has 2 aromatic heterocycles. The zero-order chi connectivity index (χ0) is 25.3. The highest BCUT2D eigenvalue weighted by atomic mass is 19.1. The molecular formula is C24H22FN5O5. The van der Waals surface area contributed by atoms with Crippen LogP contribution in [0.2, 0.25) is 0 Å². The van der Waals surface area contributed by atoms with Gasteiger partial charge in [-0.05, 0) is 24.6 Å². The van der Waals surface area contributed by atoms with Gasteiger partial charge in [0, 0.05) is 31.8 Å². The molecule has 3 N–H and O–H groups in total. The van der Waals surface area contributed by atoms with Crippen LogP contribution in [0.1, 0.15) is 34.8 Å². The summed E-state index contributed by atoms with van der Waals surface area (Å²) in [6.07, 6.45) is 1.68. The van der Waals surface area contributed by atoms with E-state index in [2.05, 4.69) is 15.6 Å². The van der Waals surface area contributed by atoms with Crippen LogP contribution in [0.25, 0.3) is 11.0 Å². The number of likely N-dealkylation sites (N-methyl/N-ethyl adjacent to an activating group) is 1. The van der Waals surface area contributed by atoms with E-state index in [9.17, 15) is 23.9 Å². The Morgan fingerprint density at radius 3 is 2.71 bits per heavy atom. The molecule has 0 unspecified atom stereocenters. The Morgan fingerprint density at radius 1 is 1.34 bits per heavy atom. The fraction of sp³-hybridized carbons (Fsp3) is 0.292. The van der Waals surface area contributed by atoms with Crippen molar-refractivity contribution in [3.05, 3.63) is 63.3 Å². The number of nitrogens with one attached hydrogen (secondary N) is 2. The molecule has 0 radical (unpaired) electrons. The Balaban J connectivity index is 1.93. The van der Waals surface area contributed by atoms with E-state index in [1.54, 1.807) is 12.1 Å². The first-order valence-electron chi connectivity index (χ1n) is 10.8. The number of carbonyl (C=O) groups excluding carboxylic acids is 2. The molecule has 0 saturated carbocycles. The Labute approximate surface area is 199 Å². The van der Waals surface area contributed by atoms with E-state index in [1.807, 2.05) is 6.07 Å². The van der Waals surface area contributed by atoms with E-state index < -0.39 is 40.1 Å². The highest BCUT2D eigenvalue weighted by Gasteiger charge is 2.42. The number of rotatable bonds is 6. The first kappa shape index (κ1) is 23.7. The summed E-state index contributed by atoms with van der Waals surface area (Å²) in [5, 5.41) is 24.5. The quantitative estimate of drug-likeness (QED) is 0.453.